The third-order valence-corrected chi connectivity index (χ3v) is 4.76. The number of hydrogen-bond donors (Lipinski definition) is 1. The summed E-state index contributed by atoms with van der Waals surface area (Å²) in [6, 6.07) is 6.50. The van der Waals surface area contributed by atoms with Gasteiger partial charge in [-0.1, -0.05) is 32.9 Å². The van der Waals surface area contributed by atoms with E-state index in [0.717, 1.165) is 5.56 Å². The molecule has 0 bridgehead atoms. The van der Waals surface area contributed by atoms with Crippen LogP contribution in [0.5, 0.6) is 0 Å². The summed E-state index contributed by atoms with van der Waals surface area (Å²) >= 11 is 0. The molecule has 0 aromatic heterocycles. The Morgan fingerprint density at radius 3 is 2.15 bits per heavy atom. The largest absolute Gasteiger partial charge is 0.481 e. The molecule has 20 heavy (non-hydrogen) atoms. The molecule has 0 spiro atoms. The van der Waals surface area contributed by atoms with Crippen LogP contribution in [-0.4, -0.2) is 25.2 Å². The van der Waals surface area contributed by atoms with E-state index in [1.165, 1.54) is 0 Å². The molecule has 1 aromatic carbocycles. The number of rotatable bonds is 6. The Morgan fingerprint density at radius 1 is 1.15 bits per heavy atom. The first-order valence-electron chi connectivity index (χ1n) is 6.64. The second kappa shape index (κ2) is 6.39. The number of aliphatic carboxylic acids is 1. The van der Waals surface area contributed by atoms with Crippen LogP contribution in [0.25, 0.3) is 0 Å². The van der Waals surface area contributed by atoms with Crippen LogP contribution in [0.2, 0.25) is 0 Å². The molecule has 5 heteroatoms. The fraction of sp³-hybridized carbons (Fsp3) is 0.533. The average Bonchev–Trinajstić information content (AvgIpc) is 2.34. The Hall–Kier alpha value is -1.36. The lowest BCUT2D eigenvalue weighted by Gasteiger charge is -2.17. The van der Waals surface area contributed by atoms with Crippen molar-refractivity contribution in [3.8, 4) is 0 Å². The predicted molar refractivity (Wildman–Crippen MR) is 78.5 cm³/mol. The van der Waals surface area contributed by atoms with E-state index < -0.39 is 15.8 Å². The third-order valence-electron chi connectivity index (χ3n) is 3.03. The van der Waals surface area contributed by atoms with Crippen molar-refractivity contribution in [2.75, 3.05) is 5.75 Å². The smallest absolute Gasteiger partial charge is 0.303 e. The number of aryl methyl sites for hydroxylation is 1. The van der Waals surface area contributed by atoms with Crippen LogP contribution in [0, 0.1) is 5.41 Å². The standard InChI is InChI=1S/C15H22O4S/c1-15(2,3)10-11-20(18,19)13-7-4-12(5-8-13)6-9-14(16)17/h4-5,7-8H,6,9-11H2,1-3H3,(H,16,17). The lowest BCUT2D eigenvalue weighted by Crippen LogP contribution is -2.14. The molecule has 0 radical (unpaired) electrons. The predicted octanol–water partition coefficient (Wildman–Crippen LogP) is 2.91. The van der Waals surface area contributed by atoms with E-state index in [2.05, 4.69) is 0 Å². The second-order valence-electron chi connectivity index (χ2n) is 6.17. The molecule has 1 rings (SSSR count). The van der Waals surface area contributed by atoms with Crippen molar-refractivity contribution in [2.24, 2.45) is 5.41 Å². The van der Waals surface area contributed by atoms with Gasteiger partial charge in [0, 0.05) is 6.42 Å². The molecule has 0 aliphatic rings. The monoisotopic (exact) mass is 298 g/mol. The van der Waals surface area contributed by atoms with Crippen LogP contribution in [-0.2, 0) is 21.1 Å². The van der Waals surface area contributed by atoms with Gasteiger partial charge in [0.05, 0.1) is 10.6 Å². The van der Waals surface area contributed by atoms with Gasteiger partial charge in [-0.2, -0.15) is 0 Å². The van der Waals surface area contributed by atoms with Gasteiger partial charge in [0.25, 0.3) is 0 Å². The molecule has 0 fully saturated rings. The number of benzene rings is 1. The molecule has 0 heterocycles. The lowest BCUT2D eigenvalue weighted by molar-refractivity contribution is -0.136. The molecule has 0 unspecified atom stereocenters. The number of sulfone groups is 1. The molecule has 1 N–H and O–H groups in total. The first-order valence-corrected chi connectivity index (χ1v) is 8.29. The topological polar surface area (TPSA) is 71.4 Å². The van der Waals surface area contributed by atoms with Gasteiger partial charge >= 0.3 is 5.97 Å². The highest BCUT2D eigenvalue weighted by Gasteiger charge is 2.19. The van der Waals surface area contributed by atoms with Crippen LogP contribution >= 0.6 is 0 Å². The van der Waals surface area contributed by atoms with Gasteiger partial charge in [-0.15, -0.1) is 0 Å². The van der Waals surface area contributed by atoms with Crippen molar-refractivity contribution in [3.63, 3.8) is 0 Å². The maximum Gasteiger partial charge on any atom is 0.303 e. The van der Waals surface area contributed by atoms with Crippen LogP contribution in [0.15, 0.2) is 29.2 Å². The highest BCUT2D eigenvalue weighted by atomic mass is 32.2. The summed E-state index contributed by atoms with van der Waals surface area (Å²) in [6.45, 7) is 6.03. The number of carboxylic acid groups (broad SMARTS) is 1. The molecule has 4 nitrogen and oxygen atoms in total. The van der Waals surface area contributed by atoms with E-state index in [-0.39, 0.29) is 17.6 Å². The SMILES string of the molecule is CC(C)(C)CCS(=O)(=O)c1ccc(CCC(=O)O)cc1. The maximum atomic E-state index is 12.2. The van der Waals surface area contributed by atoms with E-state index >= 15 is 0 Å². The molecule has 0 saturated heterocycles. The first-order chi connectivity index (χ1) is 9.10. The van der Waals surface area contributed by atoms with Gasteiger partial charge in [-0.25, -0.2) is 8.42 Å². The number of hydrogen-bond acceptors (Lipinski definition) is 3. The van der Waals surface area contributed by atoms with Crippen molar-refractivity contribution in [2.45, 2.75) is 44.9 Å². The zero-order chi connectivity index (χ0) is 15.4. The molecule has 0 aliphatic heterocycles. The van der Waals surface area contributed by atoms with Crippen molar-refractivity contribution in [3.05, 3.63) is 29.8 Å². The summed E-state index contributed by atoms with van der Waals surface area (Å²) in [5.74, 6) is -0.725. The van der Waals surface area contributed by atoms with Crippen LogP contribution in [0.4, 0.5) is 0 Å². The minimum atomic E-state index is -3.26. The highest BCUT2D eigenvalue weighted by Crippen LogP contribution is 2.22. The summed E-state index contributed by atoms with van der Waals surface area (Å²) < 4.78 is 24.3. The molecular formula is C15H22O4S. The molecular weight excluding hydrogens is 276 g/mol. The summed E-state index contributed by atoms with van der Waals surface area (Å²) in [6.07, 6.45) is 1.07. The Kier molecular flexibility index (Phi) is 5.34. The fourth-order valence-electron chi connectivity index (χ4n) is 1.67. The Morgan fingerprint density at radius 2 is 1.70 bits per heavy atom. The summed E-state index contributed by atoms with van der Waals surface area (Å²) in [5, 5.41) is 8.61. The second-order valence-corrected chi connectivity index (χ2v) is 8.28. The Bertz CT molecular complexity index is 551. The zero-order valence-corrected chi connectivity index (χ0v) is 13.0. The molecule has 112 valence electrons. The Labute approximate surface area is 120 Å². The van der Waals surface area contributed by atoms with Crippen molar-refractivity contribution in [1.29, 1.82) is 0 Å². The molecule has 0 atom stereocenters. The molecule has 0 aliphatic carbocycles. The van der Waals surface area contributed by atoms with Crippen LogP contribution < -0.4 is 0 Å². The van der Waals surface area contributed by atoms with E-state index in [4.69, 9.17) is 5.11 Å². The van der Waals surface area contributed by atoms with E-state index in [9.17, 15) is 13.2 Å². The van der Waals surface area contributed by atoms with Gasteiger partial charge in [0.1, 0.15) is 0 Å². The quantitative estimate of drug-likeness (QED) is 0.876. The summed E-state index contributed by atoms with van der Waals surface area (Å²) in [4.78, 5) is 10.8. The van der Waals surface area contributed by atoms with E-state index in [0.29, 0.717) is 17.7 Å². The molecule has 0 saturated carbocycles. The molecule has 1 aromatic rings. The van der Waals surface area contributed by atoms with Gasteiger partial charge in [0.15, 0.2) is 9.84 Å². The van der Waals surface area contributed by atoms with Crippen LogP contribution in [0.1, 0.15) is 39.2 Å². The highest BCUT2D eigenvalue weighted by molar-refractivity contribution is 7.91. The van der Waals surface area contributed by atoms with Crippen molar-refractivity contribution < 1.29 is 18.3 Å². The lowest BCUT2D eigenvalue weighted by atomic mass is 9.94. The zero-order valence-electron chi connectivity index (χ0n) is 12.2. The van der Waals surface area contributed by atoms with Crippen molar-refractivity contribution >= 4 is 15.8 Å². The first kappa shape index (κ1) is 16.7. The van der Waals surface area contributed by atoms with Crippen molar-refractivity contribution in [1.82, 2.24) is 0 Å². The van der Waals surface area contributed by atoms with E-state index in [1.807, 2.05) is 20.8 Å². The molecule has 0 amide bonds. The average molecular weight is 298 g/mol. The van der Waals surface area contributed by atoms with Crippen LogP contribution in [0.3, 0.4) is 0 Å². The van der Waals surface area contributed by atoms with Gasteiger partial charge < -0.3 is 5.11 Å². The minimum absolute atomic E-state index is 0.0193. The fourth-order valence-corrected chi connectivity index (χ4v) is 3.34. The summed E-state index contributed by atoms with van der Waals surface area (Å²) in [7, 11) is -3.26. The van der Waals surface area contributed by atoms with Gasteiger partial charge in [-0.05, 0) is 36.0 Å². The van der Waals surface area contributed by atoms with Gasteiger partial charge in [0.2, 0.25) is 0 Å². The van der Waals surface area contributed by atoms with E-state index in [1.54, 1.807) is 24.3 Å². The number of carbonyl (C=O) groups is 1. The normalized spacial score (nSPS) is 12.3. The maximum absolute atomic E-state index is 12.2. The minimum Gasteiger partial charge on any atom is -0.481 e. The third kappa shape index (κ3) is 5.74. The van der Waals surface area contributed by atoms with Gasteiger partial charge in [-0.3, -0.25) is 4.79 Å². The summed E-state index contributed by atoms with van der Waals surface area (Å²) in [5.41, 5.74) is 0.816. The number of carboxylic acids is 1. The Balaban J connectivity index is 2.74.